The van der Waals surface area contributed by atoms with Gasteiger partial charge >= 0.3 is 0 Å². The van der Waals surface area contributed by atoms with Gasteiger partial charge in [-0.1, -0.05) is 11.6 Å². The van der Waals surface area contributed by atoms with Gasteiger partial charge in [0.1, 0.15) is 30.5 Å². The van der Waals surface area contributed by atoms with Crippen LogP contribution in [0.4, 0.5) is 5.69 Å². The molecule has 6 heteroatoms. The van der Waals surface area contributed by atoms with Crippen LogP contribution in [-0.4, -0.2) is 20.3 Å². The summed E-state index contributed by atoms with van der Waals surface area (Å²) in [5, 5.41) is 3.88. The number of fused-ring (bicyclic) bond motifs is 1. The molecular formula is C20H18ClNO4. The molecule has 3 aromatic rings. The van der Waals surface area contributed by atoms with E-state index in [-0.39, 0.29) is 0 Å². The largest absolute Gasteiger partial charge is 0.495 e. The van der Waals surface area contributed by atoms with E-state index < -0.39 is 0 Å². The van der Waals surface area contributed by atoms with Crippen LogP contribution in [0.2, 0.25) is 5.02 Å². The van der Waals surface area contributed by atoms with Crippen LogP contribution in [0.25, 0.3) is 11.3 Å². The molecule has 2 heterocycles. The molecule has 0 amide bonds. The minimum Gasteiger partial charge on any atom is -0.495 e. The van der Waals surface area contributed by atoms with E-state index in [0.717, 1.165) is 34.3 Å². The maximum atomic E-state index is 6.18. The van der Waals surface area contributed by atoms with Crippen molar-refractivity contribution in [3.63, 3.8) is 0 Å². The van der Waals surface area contributed by atoms with Gasteiger partial charge in [-0.3, -0.25) is 0 Å². The Kier molecular flexibility index (Phi) is 4.63. The number of anilines is 1. The van der Waals surface area contributed by atoms with Gasteiger partial charge in [-0.05, 0) is 42.5 Å². The van der Waals surface area contributed by atoms with Crippen molar-refractivity contribution < 1.29 is 18.6 Å². The Hall–Kier alpha value is -2.79. The molecule has 0 saturated heterocycles. The third-order valence-electron chi connectivity index (χ3n) is 4.11. The lowest BCUT2D eigenvalue weighted by atomic mass is 10.2. The first-order valence-corrected chi connectivity index (χ1v) is 8.67. The maximum Gasteiger partial charge on any atom is 0.163 e. The predicted molar refractivity (Wildman–Crippen MR) is 100 cm³/mol. The fourth-order valence-corrected chi connectivity index (χ4v) is 3.05. The van der Waals surface area contributed by atoms with E-state index in [2.05, 4.69) is 5.32 Å². The van der Waals surface area contributed by atoms with E-state index in [1.807, 2.05) is 48.5 Å². The molecule has 0 radical (unpaired) electrons. The third-order valence-corrected chi connectivity index (χ3v) is 4.40. The average molecular weight is 372 g/mol. The van der Waals surface area contributed by atoms with Crippen LogP contribution >= 0.6 is 11.6 Å². The number of ether oxygens (including phenoxy) is 3. The van der Waals surface area contributed by atoms with Crippen molar-refractivity contribution in [3.8, 4) is 28.6 Å². The summed E-state index contributed by atoms with van der Waals surface area (Å²) < 4.78 is 22.2. The van der Waals surface area contributed by atoms with Crippen molar-refractivity contribution in [3.05, 3.63) is 59.3 Å². The molecule has 5 nitrogen and oxygen atoms in total. The first-order chi connectivity index (χ1) is 12.7. The Morgan fingerprint density at radius 3 is 2.65 bits per heavy atom. The molecule has 1 aromatic heterocycles. The molecule has 0 spiro atoms. The zero-order valence-corrected chi connectivity index (χ0v) is 15.0. The van der Waals surface area contributed by atoms with E-state index in [1.54, 1.807) is 7.11 Å². The molecule has 1 N–H and O–H groups in total. The number of furan rings is 1. The van der Waals surface area contributed by atoms with E-state index in [1.165, 1.54) is 0 Å². The second-order valence-electron chi connectivity index (χ2n) is 5.83. The summed E-state index contributed by atoms with van der Waals surface area (Å²) in [6.45, 7) is 1.72. The maximum absolute atomic E-state index is 6.18. The van der Waals surface area contributed by atoms with Crippen molar-refractivity contribution in [1.29, 1.82) is 0 Å². The zero-order chi connectivity index (χ0) is 17.9. The van der Waals surface area contributed by atoms with Gasteiger partial charge in [0.25, 0.3) is 0 Å². The standard InChI is InChI=1S/C20H18ClNO4/c1-23-18-5-2-13(10-16(18)21)17-7-4-15(26-17)12-22-14-3-6-19-20(11-14)25-9-8-24-19/h2-7,10-11,22H,8-9,12H2,1H3. The van der Waals surface area contributed by atoms with Gasteiger partial charge < -0.3 is 23.9 Å². The van der Waals surface area contributed by atoms with Crippen LogP contribution in [0.15, 0.2) is 52.9 Å². The lowest BCUT2D eigenvalue weighted by Gasteiger charge is -2.19. The number of hydrogen-bond donors (Lipinski definition) is 1. The molecule has 26 heavy (non-hydrogen) atoms. The summed E-state index contributed by atoms with van der Waals surface area (Å²) in [7, 11) is 1.59. The van der Waals surface area contributed by atoms with Gasteiger partial charge in [-0.15, -0.1) is 0 Å². The molecule has 4 rings (SSSR count). The molecule has 0 atom stereocenters. The van der Waals surface area contributed by atoms with E-state index in [0.29, 0.717) is 30.5 Å². The lowest BCUT2D eigenvalue weighted by Crippen LogP contribution is -2.15. The molecule has 1 aliphatic rings. The second kappa shape index (κ2) is 7.22. The predicted octanol–water partition coefficient (Wildman–Crippen LogP) is 4.99. The van der Waals surface area contributed by atoms with Crippen LogP contribution in [0.5, 0.6) is 17.2 Å². The molecule has 134 valence electrons. The monoisotopic (exact) mass is 371 g/mol. The van der Waals surface area contributed by atoms with Crippen LogP contribution in [0.1, 0.15) is 5.76 Å². The van der Waals surface area contributed by atoms with E-state index >= 15 is 0 Å². The van der Waals surface area contributed by atoms with Crippen molar-refractivity contribution in [2.75, 3.05) is 25.6 Å². The smallest absolute Gasteiger partial charge is 0.163 e. The van der Waals surface area contributed by atoms with Crippen molar-refractivity contribution in [1.82, 2.24) is 0 Å². The van der Waals surface area contributed by atoms with Crippen LogP contribution in [-0.2, 0) is 6.54 Å². The SMILES string of the molecule is COc1ccc(-c2ccc(CNc3ccc4c(c3)OCCO4)o2)cc1Cl. The minimum absolute atomic E-state index is 0.553. The molecule has 0 unspecified atom stereocenters. The topological polar surface area (TPSA) is 52.9 Å². The number of rotatable bonds is 5. The molecule has 1 aliphatic heterocycles. The highest BCUT2D eigenvalue weighted by atomic mass is 35.5. The van der Waals surface area contributed by atoms with Gasteiger partial charge in [0.2, 0.25) is 0 Å². The Labute approximate surface area is 156 Å². The highest BCUT2D eigenvalue weighted by Crippen LogP contribution is 2.33. The number of methoxy groups -OCH3 is 1. The minimum atomic E-state index is 0.553. The van der Waals surface area contributed by atoms with Gasteiger partial charge in [0.05, 0.1) is 18.7 Å². The molecule has 0 saturated carbocycles. The second-order valence-corrected chi connectivity index (χ2v) is 6.23. The van der Waals surface area contributed by atoms with Gasteiger partial charge in [-0.2, -0.15) is 0 Å². The molecular weight excluding hydrogens is 354 g/mol. The lowest BCUT2D eigenvalue weighted by molar-refractivity contribution is 0.171. The van der Waals surface area contributed by atoms with Crippen LogP contribution in [0, 0.1) is 0 Å². The normalized spacial score (nSPS) is 12.7. The summed E-state index contributed by atoms with van der Waals surface area (Å²) in [4.78, 5) is 0. The summed E-state index contributed by atoms with van der Waals surface area (Å²) >= 11 is 6.18. The Morgan fingerprint density at radius 1 is 1.00 bits per heavy atom. The Morgan fingerprint density at radius 2 is 1.85 bits per heavy atom. The first-order valence-electron chi connectivity index (χ1n) is 8.29. The number of hydrogen-bond acceptors (Lipinski definition) is 5. The summed E-state index contributed by atoms with van der Waals surface area (Å²) in [5.41, 5.74) is 1.85. The van der Waals surface area contributed by atoms with Crippen molar-refractivity contribution >= 4 is 17.3 Å². The van der Waals surface area contributed by atoms with Gasteiger partial charge in [-0.25, -0.2) is 0 Å². The average Bonchev–Trinajstić information content (AvgIpc) is 3.15. The molecule has 0 bridgehead atoms. The van der Waals surface area contributed by atoms with Gasteiger partial charge in [0.15, 0.2) is 11.5 Å². The number of halogens is 1. The van der Waals surface area contributed by atoms with Crippen LogP contribution in [0.3, 0.4) is 0 Å². The molecule has 0 fully saturated rings. The molecule has 2 aromatic carbocycles. The Balaban J connectivity index is 1.44. The van der Waals surface area contributed by atoms with Crippen molar-refractivity contribution in [2.45, 2.75) is 6.54 Å². The summed E-state index contributed by atoms with van der Waals surface area (Å²) in [5.74, 6) is 3.76. The fraction of sp³-hybridized carbons (Fsp3) is 0.200. The Bertz CT molecular complexity index is 922. The number of nitrogens with one attached hydrogen (secondary N) is 1. The quantitative estimate of drug-likeness (QED) is 0.684. The van der Waals surface area contributed by atoms with Crippen molar-refractivity contribution in [2.24, 2.45) is 0 Å². The molecule has 0 aliphatic carbocycles. The summed E-state index contributed by atoms with van der Waals surface area (Å²) in [6, 6.07) is 15.2. The zero-order valence-electron chi connectivity index (χ0n) is 14.3. The highest BCUT2D eigenvalue weighted by molar-refractivity contribution is 6.32. The van der Waals surface area contributed by atoms with Crippen LogP contribution < -0.4 is 19.5 Å². The van der Waals surface area contributed by atoms with E-state index in [9.17, 15) is 0 Å². The highest BCUT2D eigenvalue weighted by Gasteiger charge is 2.12. The summed E-state index contributed by atoms with van der Waals surface area (Å²) in [6.07, 6.45) is 0. The van der Waals surface area contributed by atoms with Gasteiger partial charge in [0, 0.05) is 17.3 Å². The fourth-order valence-electron chi connectivity index (χ4n) is 2.79. The number of benzene rings is 2. The van der Waals surface area contributed by atoms with E-state index in [4.69, 9.17) is 30.2 Å². The third kappa shape index (κ3) is 3.44. The first kappa shape index (κ1) is 16.7.